The predicted molar refractivity (Wildman–Crippen MR) is 156 cm³/mol. The second kappa shape index (κ2) is 13.9. The number of carbonyl (C=O) groups is 2. The zero-order valence-electron chi connectivity index (χ0n) is 24.6. The molecule has 2 amide bonds. The average molecular weight is 589 g/mol. The van der Waals surface area contributed by atoms with E-state index in [9.17, 15) is 9.59 Å². The highest BCUT2D eigenvalue weighted by Gasteiger charge is 2.35. The maximum atomic E-state index is 14.0. The van der Waals surface area contributed by atoms with Gasteiger partial charge in [-0.05, 0) is 66.1 Å². The third-order valence-electron chi connectivity index (χ3n) is 7.53. The van der Waals surface area contributed by atoms with Crippen LogP contribution in [0.2, 0.25) is 0 Å². The number of nitrogens with zero attached hydrogens (tertiary/aromatic N) is 5. The van der Waals surface area contributed by atoms with Crippen molar-refractivity contribution < 1.29 is 28.2 Å². The van der Waals surface area contributed by atoms with Crippen molar-refractivity contribution in [3.63, 3.8) is 0 Å². The highest BCUT2D eigenvalue weighted by atomic mass is 16.5. The molecule has 1 unspecified atom stereocenters. The second-order valence-electron chi connectivity index (χ2n) is 10.3. The van der Waals surface area contributed by atoms with Crippen molar-refractivity contribution in [3.8, 4) is 28.6 Å². The van der Waals surface area contributed by atoms with Crippen molar-refractivity contribution in [1.29, 1.82) is 0 Å². The van der Waals surface area contributed by atoms with E-state index in [4.69, 9.17) is 18.6 Å². The van der Waals surface area contributed by atoms with Crippen LogP contribution in [0.5, 0.6) is 17.2 Å². The molecule has 1 aliphatic carbocycles. The van der Waals surface area contributed by atoms with Gasteiger partial charge in [0.1, 0.15) is 18.1 Å². The number of tetrazole rings is 1. The number of furan rings is 1. The molecule has 1 N–H and O–H groups in total. The van der Waals surface area contributed by atoms with Crippen molar-refractivity contribution in [1.82, 2.24) is 30.4 Å². The molecule has 2 heterocycles. The molecule has 2 aromatic carbocycles. The van der Waals surface area contributed by atoms with Gasteiger partial charge >= 0.3 is 0 Å². The van der Waals surface area contributed by atoms with Gasteiger partial charge in [-0.15, -0.1) is 10.2 Å². The minimum atomic E-state index is -1.000. The summed E-state index contributed by atoms with van der Waals surface area (Å²) in [5.41, 5.74) is 1.46. The summed E-state index contributed by atoms with van der Waals surface area (Å²) in [4.78, 5) is 30.6. The van der Waals surface area contributed by atoms with Gasteiger partial charge in [-0.25, -0.2) is 0 Å². The average Bonchev–Trinajstić information content (AvgIpc) is 3.74. The molecule has 12 heteroatoms. The smallest absolute Gasteiger partial charge is 0.250 e. The number of hydrogen-bond acceptors (Lipinski definition) is 9. The summed E-state index contributed by atoms with van der Waals surface area (Å²) >= 11 is 0. The molecular formula is C31H36N6O6. The fourth-order valence-electron chi connectivity index (χ4n) is 5.26. The highest BCUT2D eigenvalue weighted by molar-refractivity contribution is 5.88. The normalized spacial score (nSPS) is 14.1. The van der Waals surface area contributed by atoms with E-state index in [1.165, 1.54) is 16.0 Å². The number of amides is 2. The first kappa shape index (κ1) is 29.6. The number of rotatable bonds is 12. The third kappa shape index (κ3) is 7.14. The Morgan fingerprint density at radius 3 is 2.44 bits per heavy atom. The van der Waals surface area contributed by atoms with E-state index in [1.807, 2.05) is 24.3 Å². The summed E-state index contributed by atoms with van der Waals surface area (Å²) in [6.45, 7) is -0.103. The Balaban J connectivity index is 1.43. The predicted octanol–water partition coefficient (Wildman–Crippen LogP) is 4.18. The first-order valence-electron chi connectivity index (χ1n) is 14.3. The van der Waals surface area contributed by atoms with Crippen molar-refractivity contribution in [2.45, 2.75) is 57.3 Å². The molecule has 1 aliphatic rings. The molecule has 1 saturated carbocycles. The monoisotopic (exact) mass is 588 g/mol. The Kier molecular flexibility index (Phi) is 9.55. The summed E-state index contributed by atoms with van der Waals surface area (Å²) < 4.78 is 21.7. The van der Waals surface area contributed by atoms with Crippen LogP contribution in [0, 0.1) is 0 Å². The lowest BCUT2D eigenvalue weighted by atomic mass is 9.95. The maximum absolute atomic E-state index is 14.0. The Bertz CT molecular complexity index is 1500. The zero-order valence-corrected chi connectivity index (χ0v) is 24.6. The lowest BCUT2D eigenvalue weighted by Gasteiger charge is -2.32. The minimum absolute atomic E-state index is 0.0534. The van der Waals surface area contributed by atoms with E-state index in [-0.39, 0.29) is 30.9 Å². The number of ether oxygens (including phenoxy) is 3. The number of carbonyl (C=O) groups excluding carboxylic acids is 2. The van der Waals surface area contributed by atoms with Gasteiger partial charge in [0, 0.05) is 18.2 Å². The van der Waals surface area contributed by atoms with Crippen LogP contribution >= 0.6 is 0 Å². The van der Waals surface area contributed by atoms with Gasteiger partial charge in [0.25, 0.3) is 5.91 Å². The van der Waals surface area contributed by atoms with Crippen molar-refractivity contribution in [3.05, 3.63) is 72.2 Å². The SMILES string of the molecule is COc1ccc(CN(C(=O)Cn2nnc(-c3ccc(OC)c(OC)c3)n2)C(C(=O)NC2CCCCC2)c2ccco2)cc1. The molecule has 1 fully saturated rings. The molecular weight excluding hydrogens is 552 g/mol. The van der Waals surface area contributed by atoms with Crippen LogP contribution in [-0.4, -0.2) is 64.3 Å². The molecule has 0 radical (unpaired) electrons. The van der Waals surface area contributed by atoms with E-state index in [0.29, 0.717) is 34.4 Å². The largest absolute Gasteiger partial charge is 0.497 e. The van der Waals surface area contributed by atoms with E-state index in [2.05, 4.69) is 20.7 Å². The Morgan fingerprint density at radius 2 is 1.77 bits per heavy atom. The minimum Gasteiger partial charge on any atom is -0.497 e. The molecule has 43 heavy (non-hydrogen) atoms. The van der Waals surface area contributed by atoms with Crippen LogP contribution in [0.25, 0.3) is 11.4 Å². The van der Waals surface area contributed by atoms with E-state index in [1.54, 1.807) is 51.7 Å². The molecule has 0 spiro atoms. The molecule has 0 saturated heterocycles. The van der Waals surface area contributed by atoms with Crippen molar-refractivity contribution in [2.24, 2.45) is 0 Å². The number of benzene rings is 2. The van der Waals surface area contributed by atoms with Crippen LogP contribution in [0.3, 0.4) is 0 Å². The van der Waals surface area contributed by atoms with Gasteiger partial charge in [0.2, 0.25) is 11.7 Å². The van der Waals surface area contributed by atoms with Gasteiger partial charge in [0.05, 0.1) is 27.6 Å². The molecule has 12 nitrogen and oxygen atoms in total. The zero-order chi connectivity index (χ0) is 30.2. The summed E-state index contributed by atoms with van der Waals surface area (Å²) in [5, 5.41) is 15.9. The third-order valence-corrected chi connectivity index (χ3v) is 7.53. The first-order valence-corrected chi connectivity index (χ1v) is 14.3. The van der Waals surface area contributed by atoms with Gasteiger partial charge in [-0.3, -0.25) is 9.59 Å². The molecule has 226 valence electrons. The van der Waals surface area contributed by atoms with Gasteiger partial charge in [-0.2, -0.15) is 4.80 Å². The maximum Gasteiger partial charge on any atom is 0.250 e. The number of hydrogen-bond donors (Lipinski definition) is 1. The molecule has 5 rings (SSSR count). The standard InChI is InChI=1S/C31H36N6O6/c1-40-24-14-11-21(12-15-24)19-36(29(26-10-7-17-43-26)31(39)32-23-8-5-4-6-9-23)28(38)20-37-34-30(33-35-37)22-13-16-25(41-2)27(18-22)42-3/h7,10-18,23,29H,4-6,8-9,19-20H2,1-3H3,(H,32,39). The van der Waals surface area contributed by atoms with Crippen LogP contribution in [0.15, 0.2) is 65.3 Å². The topological polar surface area (TPSA) is 134 Å². The molecule has 1 atom stereocenters. The van der Waals surface area contributed by atoms with Gasteiger partial charge in [-0.1, -0.05) is 31.4 Å². The van der Waals surface area contributed by atoms with E-state index in [0.717, 1.165) is 37.7 Å². The van der Waals surface area contributed by atoms with Gasteiger partial charge in [0.15, 0.2) is 17.5 Å². The second-order valence-corrected chi connectivity index (χ2v) is 10.3. The van der Waals surface area contributed by atoms with E-state index >= 15 is 0 Å². The lowest BCUT2D eigenvalue weighted by Crippen LogP contribution is -2.47. The summed E-state index contributed by atoms with van der Waals surface area (Å²) in [7, 11) is 4.69. The summed E-state index contributed by atoms with van der Waals surface area (Å²) in [6, 6.07) is 15.1. The Morgan fingerprint density at radius 1 is 1.00 bits per heavy atom. The van der Waals surface area contributed by atoms with E-state index < -0.39 is 6.04 Å². The number of aromatic nitrogens is 4. The van der Waals surface area contributed by atoms with Crippen LogP contribution in [0.1, 0.15) is 49.5 Å². The van der Waals surface area contributed by atoms with Crippen molar-refractivity contribution in [2.75, 3.05) is 21.3 Å². The number of nitrogens with one attached hydrogen (secondary N) is 1. The van der Waals surface area contributed by atoms with Crippen LogP contribution in [-0.2, 0) is 22.7 Å². The molecule has 0 bridgehead atoms. The van der Waals surface area contributed by atoms with Crippen LogP contribution in [0.4, 0.5) is 0 Å². The van der Waals surface area contributed by atoms with Gasteiger partial charge < -0.3 is 28.8 Å². The summed E-state index contributed by atoms with van der Waals surface area (Å²) in [6.07, 6.45) is 6.60. The molecule has 2 aromatic heterocycles. The first-order chi connectivity index (χ1) is 21.0. The van der Waals surface area contributed by atoms with Crippen molar-refractivity contribution >= 4 is 11.8 Å². The number of methoxy groups -OCH3 is 3. The molecule has 4 aromatic rings. The van der Waals surface area contributed by atoms with Crippen LogP contribution < -0.4 is 19.5 Å². The fourth-order valence-corrected chi connectivity index (χ4v) is 5.26. The Hall–Kier alpha value is -4.87. The quantitative estimate of drug-likeness (QED) is 0.259. The Labute approximate surface area is 249 Å². The fraction of sp³-hybridized carbons (Fsp3) is 0.387. The molecule has 0 aliphatic heterocycles. The lowest BCUT2D eigenvalue weighted by molar-refractivity contribution is -0.143. The summed E-state index contributed by atoms with van der Waals surface area (Å²) in [5.74, 6) is 1.78. The highest BCUT2D eigenvalue weighted by Crippen LogP contribution is 2.31.